The first kappa shape index (κ1) is 16.2. The van der Waals surface area contributed by atoms with E-state index in [9.17, 15) is 5.11 Å². The highest BCUT2D eigenvalue weighted by Crippen LogP contribution is 2.35. The van der Waals surface area contributed by atoms with E-state index in [1.165, 1.54) is 5.56 Å². The van der Waals surface area contributed by atoms with Crippen molar-refractivity contribution in [2.75, 3.05) is 0 Å². The van der Waals surface area contributed by atoms with Crippen LogP contribution in [0.25, 0.3) is 22.2 Å². The molecular weight excluding hydrogens is 396 g/mol. The Hall–Kier alpha value is -2.24. The van der Waals surface area contributed by atoms with E-state index >= 15 is 0 Å². The fourth-order valence-electron chi connectivity index (χ4n) is 2.71. The van der Waals surface area contributed by atoms with Crippen molar-refractivity contribution in [1.29, 1.82) is 0 Å². The summed E-state index contributed by atoms with van der Waals surface area (Å²) in [5.74, 6) is 0.265. The molecule has 2 aromatic heterocycles. The van der Waals surface area contributed by atoms with Crippen molar-refractivity contribution in [1.82, 2.24) is 8.96 Å². The molecule has 0 radical (unpaired) electrons. The molecule has 2 aromatic carbocycles. The first-order valence-electron chi connectivity index (χ1n) is 7.81. The Morgan fingerprint density at radius 1 is 1.04 bits per heavy atom. The van der Waals surface area contributed by atoms with Crippen LogP contribution in [0.2, 0.25) is 0 Å². The third-order valence-corrected chi connectivity index (χ3v) is 5.37. The second-order valence-corrected chi connectivity index (χ2v) is 7.81. The largest absolute Gasteiger partial charge is 0.508 e. The maximum absolute atomic E-state index is 9.55. The van der Waals surface area contributed by atoms with Gasteiger partial charge in [0.05, 0.1) is 0 Å². The second-order valence-electron chi connectivity index (χ2n) is 5.84. The molecule has 0 aliphatic carbocycles. The van der Waals surface area contributed by atoms with Crippen LogP contribution in [-0.2, 0) is 0 Å². The van der Waals surface area contributed by atoms with Gasteiger partial charge in [-0.25, -0.2) is 4.98 Å². The number of aromatic nitrogens is 2. The van der Waals surface area contributed by atoms with E-state index < -0.39 is 0 Å². The van der Waals surface area contributed by atoms with Crippen molar-refractivity contribution in [3.05, 3.63) is 77.0 Å². The van der Waals surface area contributed by atoms with Crippen molar-refractivity contribution in [2.45, 2.75) is 11.8 Å². The summed E-state index contributed by atoms with van der Waals surface area (Å²) >= 11 is 5.16. The quantitative estimate of drug-likeness (QED) is 0.447. The molecule has 0 saturated heterocycles. The lowest BCUT2D eigenvalue weighted by molar-refractivity contribution is 0.475. The molecule has 2 heterocycles. The van der Waals surface area contributed by atoms with Gasteiger partial charge in [0, 0.05) is 32.7 Å². The molecule has 0 unspecified atom stereocenters. The van der Waals surface area contributed by atoms with Crippen LogP contribution in [0.5, 0.6) is 5.75 Å². The number of aryl methyl sites for hydroxylation is 1. The minimum absolute atomic E-state index is 0.265. The highest BCUT2D eigenvalue weighted by atomic mass is 79.9. The summed E-state index contributed by atoms with van der Waals surface area (Å²) < 4.78 is 3.03. The highest BCUT2D eigenvalue weighted by molar-refractivity contribution is 9.10. The van der Waals surface area contributed by atoms with Gasteiger partial charge >= 0.3 is 0 Å². The number of nitrogens with zero attached hydrogens (tertiary/aromatic N) is 2. The predicted molar refractivity (Wildman–Crippen MR) is 107 cm³/mol. The first-order valence-corrected chi connectivity index (χ1v) is 9.38. The Labute approximate surface area is 158 Å². The molecule has 25 heavy (non-hydrogen) atoms. The number of phenols is 1. The van der Waals surface area contributed by atoms with Gasteiger partial charge in [-0.05, 0) is 70.7 Å². The van der Waals surface area contributed by atoms with Gasteiger partial charge < -0.3 is 5.11 Å². The van der Waals surface area contributed by atoms with Crippen molar-refractivity contribution < 1.29 is 5.11 Å². The van der Waals surface area contributed by atoms with Crippen LogP contribution in [-0.4, -0.2) is 14.1 Å². The second kappa shape index (κ2) is 6.58. The van der Waals surface area contributed by atoms with Crippen LogP contribution < -0.4 is 0 Å². The zero-order valence-electron chi connectivity index (χ0n) is 13.5. The van der Waals surface area contributed by atoms with E-state index in [1.54, 1.807) is 24.1 Å². The predicted octanol–water partition coefficient (Wildman–Crippen LogP) is 6.04. The number of pyridine rings is 1. The monoisotopic (exact) mass is 410 g/mol. The minimum atomic E-state index is 0.265. The first-order chi connectivity index (χ1) is 12.1. The van der Waals surface area contributed by atoms with Crippen LogP contribution in [0.3, 0.4) is 0 Å². The molecule has 124 valence electrons. The summed E-state index contributed by atoms with van der Waals surface area (Å²) in [4.78, 5) is 5.76. The zero-order chi connectivity index (χ0) is 17.4. The number of rotatable bonds is 3. The SMILES string of the molecule is Cc1ccc(Sn2cc(-c3ccc(O)cc3)c3cc(Br)cnc32)cc1. The molecule has 1 N–H and O–H groups in total. The summed E-state index contributed by atoms with van der Waals surface area (Å²) in [5.41, 5.74) is 4.29. The van der Waals surface area contributed by atoms with Gasteiger partial charge in [0.15, 0.2) is 5.65 Å². The van der Waals surface area contributed by atoms with Crippen molar-refractivity contribution >= 4 is 38.9 Å². The van der Waals surface area contributed by atoms with Crippen LogP contribution in [0.1, 0.15) is 5.56 Å². The number of phenolic OH excluding ortho intramolecular Hbond substituents is 1. The van der Waals surface area contributed by atoms with Crippen LogP contribution >= 0.6 is 27.9 Å². The normalized spacial score (nSPS) is 11.1. The van der Waals surface area contributed by atoms with Crippen molar-refractivity contribution in [3.63, 3.8) is 0 Å². The third kappa shape index (κ3) is 3.30. The van der Waals surface area contributed by atoms with Gasteiger partial charge in [0.1, 0.15) is 5.75 Å². The van der Waals surface area contributed by atoms with E-state index in [4.69, 9.17) is 0 Å². The molecule has 0 bridgehead atoms. The number of fused-ring (bicyclic) bond motifs is 1. The van der Waals surface area contributed by atoms with E-state index in [1.807, 2.05) is 18.3 Å². The average molecular weight is 411 g/mol. The topological polar surface area (TPSA) is 38.0 Å². The van der Waals surface area contributed by atoms with Crippen LogP contribution in [0.15, 0.2) is 76.4 Å². The number of halogens is 1. The molecule has 0 aliphatic heterocycles. The molecule has 0 spiro atoms. The Balaban J connectivity index is 1.84. The molecule has 0 fully saturated rings. The number of benzene rings is 2. The highest BCUT2D eigenvalue weighted by Gasteiger charge is 2.13. The Morgan fingerprint density at radius 2 is 1.76 bits per heavy atom. The number of hydrogen-bond donors (Lipinski definition) is 1. The molecule has 4 aromatic rings. The summed E-state index contributed by atoms with van der Waals surface area (Å²) in [7, 11) is 0. The molecule has 5 heteroatoms. The molecule has 0 atom stereocenters. The van der Waals surface area contributed by atoms with Crippen LogP contribution in [0, 0.1) is 6.92 Å². The van der Waals surface area contributed by atoms with E-state index in [0.29, 0.717) is 0 Å². The summed E-state index contributed by atoms with van der Waals surface area (Å²) in [6.07, 6.45) is 3.91. The third-order valence-electron chi connectivity index (χ3n) is 3.98. The summed E-state index contributed by atoms with van der Waals surface area (Å²) in [5, 5.41) is 10.6. The van der Waals surface area contributed by atoms with Gasteiger partial charge in [0.25, 0.3) is 0 Å². The molecular formula is C20H15BrN2OS. The smallest absolute Gasteiger partial charge is 0.150 e. The molecule has 3 nitrogen and oxygen atoms in total. The lowest BCUT2D eigenvalue weighted by atomic mass is 10.1. The standard InChI is InChI=1S/C20H15BrN2OS/c1-13-2-8-17(9-3-13)25-23-12-19(14-4-6-16(24)7-5-14)18-10-15(21)11-22-20(18)23/h2-12,24H,1H3. The fourth-order valence-corrected chi connectivity index (χ4v) is 3.91. The van der Waals surface area contributed by atoms with Crippen LogP contribution in [0.4, 0.5) is 0 Å². The van der Waals surface area contributed by atoms with Gasteiger partial charge in [0.2, 0.25) is 0 Å². The lowest BCUT2D eigenvalue weighted by Crippen LogP contribution is -1.87. The van der Waals surface area contributed by atoms with E-state index in [-0.39, 0.29) is 5.75 Å². The zero-order valence-corrected chi connectivity index (χ0v) is 15.9. The summed E-state index contributed by atoms with van der Waals surface area (Å²) in [6, 6.07) is 17.8. The number of hydrogen-bond acceptors (Lipinski definition) is 3. The Bertz CT molecular complexity index is 1040. The molecule has 0 saturated carbocycles. The lowest BCUT2D eigenvalue weighted by Gasteiger charge is -2.04. The molecule has 0 amide bonds. The van der Waals surface area contributed by atoms with Crippen molar-refractivity contribution in [2.24, 2.45) is 0 Å². The minimum Gasteiger partial charge on any atom is -0.508 e. The van der Waals surface area contributed by atoms with Gasteiger partial charge in [-0.3, -0.25) is 3.97 Å². The maximum Gasteiger partial charge on any atom is 0.150 e. The van der Waals surface area contributed by atoms with Gasteiger partial charge in [-0.1, -0.05) is 29.8 Å². The van der Waals surface area contributed by atoms with E-state index in [0.717, 1.165) is 31.5 Å². The Kier molecular flexibility index (Phi) is 4.27. The van der Waals surface area contributed by atoms with Gasteiger partial charge in [-0.15, -0.1) is 0 Å². The molecule has 0 aliphatic rings. The average Bonchev–Trinajstić information content (AvgIpc) is 2.95. The number of aromatic hydroxyl groups is 1. The maximum atomic E-state index is 9.55. The fraction of sp³-hybridized carbons (Fsp3) is 0.0500. The van der Waals surface area contributed by atoms with E-state index in [2.05, 4.69) is 68.3 Å². The van der Waals surface area contributed by atoms with Gasteiger partial charge in [-0.2, -0.15) is 0 Å². The Morgan fingerprint density at radius 3 is 2.48 bits per heavy atom. The summed E-state index contributed by atoms with van der Waals surface area (Å²) in [6.45, 7) is 2.08. The van der Waals surface area contributed by atoms with Crippen molar-refractivity contribution in [3.8, 4) is 16.9 Å². The molecule has 4 rings (SSSR count).